The van der Waals surface area contributed by atoms with Crippen molar-refractivity contribution in [2.24, 2.45) is 0 Å². The van der Waals surface area contributed by atoms with E-state index in [9.17, 15) is 0 Å². The van der Waals surface area contributed by atoms with Gasteiger partial charge in [0.1, 0.15) is 0 Å². The molecule has 0 aromatic heterocycles. The van der Waals surface area contributed by atoms with Gasteiger partial charge in [0.05, 0.1) is 6.61 Å². The second-order valence-corrected chi connectivity index (χ2v) is 1.84. The quantitative estimate of drug-likeness (QED) is 0.541. The zero-order valence-electron chi connectivity index (χ0n) is 5.63. The molecule has 55 valence electrons. The number of rotatable bonds is 4. The Bertz CT molecular complexity index is 70.7. The Kier molecular flexibility index (Phi) is 3.77. The van der Waals surface area contributed by atoms with Crippen LogP contribution in [0.15, 0.2) is 0 Å². The summed E-state index contributed by atoms with van der Waals surface area (Å²) in [4.78, 5) is 0. The highest BCUT2D eigenvalue weighted by molar-refractivity contribution is 4.51. The lowest BCUT2D eigenvalue weighted by atomic mass is 10.4. The number of hydrogen-bond acceptors (Lipinski definition) is 3. The topological polar surface area (TPSA) is 49.7 Å². The maximum Gasteiger partial charge on any atom is 0.277 e. The highest BCUT2D eigenvalue weighted by Gasteiger charge is 2.19. The van der Waals surface area contributed by atoms with Crippen LogP contribution in [-0.4, -0.2) is 22.8 Å². The number of ether oxygens (including phenoxy) is 1. The van der Waals surface area contributed by atoms with E-state index in [2.05, 4.69) is 11.7 Å². The van der Waals surface area contributed by atoms with E-state index in [1.54, 1.807) is 0 Å². The van der Waals surface area contributed by atoms with Gasteiger partial charge in [-0.1, -0.05) is 6.92 Å². The molecule has 0 heterocycles. The van der Waals surface area contributed by atoms with Gasteiger partial charge in [-0.2, -0.15) is 0 Å². The second kappa shape index (κ2) is 3.82. The molecule has 3 nitrogen and oxygen atoms in total. The van der Waals surface area contributed by atoms with E-state index in [1.165, 1.54) is 0 Å². The largest absolute Gasteiger partial charge is 0.343 e. The van der Waals surface area contributed by atoms with Crippen molar-refractivity contribution in [3.05, 3.63) is 6.92 Å². The number of hydrogen-bond donors (Lipinski definition) is 2. The van der Waals surface area contributed by atoms with Crippen LogP contribution in [-0.2, 0) is 4.74 Å². The van der Waals surface area contributed by atoms with Crippen LogP contribution in [0.3, 0.4) is 0 Å². The molecule has 0 spiro atoms. The zero-order valence-corrected chi connectivity index (χ0v) is 5.63. The molecule has 0 amide bonds. The molecule has 0 aromatic carbocycles. The first kappa shape index (κ1) is 8.88. The number of aliphatic hydroxyl groups is 2. The average molecular weight is 133 g/mol. The SMILES string of the molecule is [CH2]CC(O)(O)OCCC. The van der Waals surface area contributed by atoms with E-state index in [4.69, 9.17) is 10.2 Å². The minimum absolute atomic E-state index is 0.0486. The summed E-state index contributed by atoms with van der Waals surface area (Å²) in [6.07, 6.45) is 0.718. The van der Waals surface area contributed by atoms with Gasteiger partial charge >= 0.3 is 0 Å². The molecule has 0 saturated carbocycles. The third-order valence-corrected chi connectivity index (χ3v) is 0.863. The highest BCUT2D eigenvalue weighted by atomic mass is 16.8. The Morgan fingerprint density at radius 2 is 2.11 bits per heavy atom. The first-order chi connectivity index (χ1) is 4.12. The van der Waals surface area contributed by atoms with E-state index in [0.29, 0.717) is 6.61 Å². The molecule has 0 bridgehead atoms. The highest BCUT2D eigenvalue weighted by Crippen LogP contribution is 2.05. The first-order valence-electron chi connectivity index (χ1n) is 3.00. The maximum absolute atomic E-state index is 8.73. The summed E-state index contributed by atoms with van der Waals surface area (Å²) >= 11 is 0. The lowest BCUT2D eigenvalue weighted by Crippen LogP contribution is -2.31. The standard InChI is InChI=1S/C6H13O3/c1-3-5-9-6(7,8)4-2/h7-8H,2-5H2,1H3. The fourth-order valence-corrected chi connectivity index (χ4v) is 0.338. The van der Waals surface area contributed by atoms with E-state index in [0.717, 1.165) is 6.42 Å². The van der Waals surface area contributed by atoms with Gasteiger partial charge in [0.2, 0.25) is 0 Å². The maximum atomic E-state index is 8.73. The van der Waals surface area contributed by atoms with Crippen molar-refractivity contribution < 1.29 is 14.9 Å². The van der Waals surface area contributed by atoms with Gasteiger partial charge in [-0.15, -0.1) is 0 Å². The van der Waals surface area contributed by atoms with Crippen molar-refractivity contribution in [2.75, 3.05) is 6.61 Å². The predicted molar refractivity (Wildman–Crippen MR) is 33.4 cm³/mol. The second-order valence-electron chi connectivity index (χ2n) is 1.84. The molecule has 2 N–H and O–H groups in total. The Labute approximate surface area is 55.3 Å². The summed E-state index contributed by atoms with van der Waals surface area (Å²) < 4.78 is 4.58. The lowest BCUT2D eigenvalue weighted by Gasteiger charge is -2.18. The van der Waals surface area contributed by atoms with Crippen molar-refractivity contribution in [2.45, 2.75) is 25.7 Å². The molecular weight excluding hydrogens is 120 g/mol. The third kappa shape index (κ3) is 4.39. The molecule has 0 unspecified atom stereocenters. The Hall–Kier alpha value is -0.120. The molecule has 0 aromatic rings. The van der Waals surface area contributed by atoms with Gasteiger partial charge in [-0.3, -0.25) is 0 Å². The van der Waals surface area contributed by atoms with Crippen LogP contribution in [0, 0.1) is 6.92 Å². The molecule has 0 fully saturated rings. The van der Waals surface area contributed by atoms with Crippen LogP contribution in [0.25, 0.3) is 0 Å². The Morgan fingerprint density at radius 1 is 1.56 bits per heavy atom. The summed E-state index contributed by atoms with van der Waals surface area (Å²) in [6.45, 7) is 5.52. The van der Waals surface area contributed by atoms with Crippen LogP contribution in [0.2, 0.25) is 0 Å². The first-order valence-corrected chi connectivity index (χ1v) is 3.00. The lowest BCUT2D eigenvalue weighted by molar-refractivity contribution is -0.335. The third-order valence-electron chi connectivity index (χ3n) is 0.863. The van der Waals surface area contributed by atoms with Gasteiger partial charge in [-0.25, -0.2) is 0 Å². The van der Waals surface area contributed by atoms with Crippen molar-refractivity contribution in [3.63, 3.8) is 0 Å². The Balaban J connectivity index is 3.33. The van der Waals surface area contributed by atoms with Gasteiger partial charge in [-0.05, 0) is 13.3 Å². The minimum Gasteiger partial charge on any atom is -0.343 e. The van der Waals surface area contributed by atoms with E-state index in [1.807, 2.05) is 6.92 Å². The molecule has 0 rings (SSSR count). The normalized spacial score (nSPS) is 12.0. The smallest absolute Gasteiger partial charge is 0.277 e. The minimum atomic E-state index is -2.02. The van der Waals surface area contributed by atoms with E-state index in [-0.39, 0.29) is 6.42 Å². The van der Waals surface area contributed by atoms with Gasteiger partial charge in [0, 0.05) is 6.42 Å². The van der Waals surface area contributed by atoms with Crippen LogP contribution in [0.4, 0.5) is 0 Å². The van der Waals surface area contributed by atoms with Crippen molar-refractivity contribution in [1.82, 2.24) is 0 Å². The van der Waals surface area contributed by atoms with Crippen LogP contribution in [0.1, 0.15) is 19.8 Å². The zero-order chi connectivity index (χ0) is 7.33. The van der Waals surface area contributed by atoms with E-state index < -0.39 is 5.97 Å². The summed E-state index contributed by atoms with van der Waals surface area (Å²) in [5, 5.41) is 17.5. The van der Waals surface area contributed by atoms with Gasteiger partial charge in [0.25, 0.3) is 5.97 Å². The van der Waals surface area contributed by atoms with Gasteiger partial charge in [0.15, 0.2) is 0 Å². The van der Waals surface area contributed by atoms with Crippen molar-refractivity contribution >= 4 is 0 Å². The Morgan fingerprint density at radius 3 is 2.44 bits per heavy atom. The molecule has 0 saturated heterocycles. The average Bonchev–Trinajstić information content (AvgIpc) is 1.84. The van der Waals surface area contributed by atoms with Crippen LogP contribution < -0.4 is 0 Å². The molecule has 0 aliphatic carbocycles. The molecule has 9 heavy (non-hydrogen) atoms. The molecular formula is C6H13O3. The molecule has 3 heteroatoms. The predicted octanol–water partition coefficient (Wildman–Crippen LogP) is 0.276. The van der Waals surface area contributed by atoms with Crippen LogP contribution in [0.5, 0.6) is 0 Å². The van der Waals surface area contributed by atoms with Gasteiger partial charge < -0.3 is 14.9 Å². The summed E-state index contributed by atoms with van der Waals surface area (Å²) in [7, 11) is 0. The molecule has 1 radical (unpaired) electrons. The van der Waals surface area contributed by atoms with Crippen molar-refractivity contribution in [3.8, 4) is 0 Å². The summed E-state index contributed by atoms with van der Waals surface area (Å²) in [5.41, 5.74) is 0. The fraction of sp³-hybridized carbons (Fsp3) is 0.833. The monoisotopic (exact) mass is 133 g/mol. The molecule has 0 aliphatic rings. The van der Waals surface area contributed by atoms with E-state index >= 15 is 0 Å². The summed E-state index contributed by atoms with van der Waals surface area (Å²) in [5.74, 6) is -2.02. The molecule has 0 aliphatic heterocycles. The molecule has 0 atom stereocenters. The van der Waals surface area contributed by atoms with Crippen LogP contribution >= 0.6 is 0 Å². The van der Waals surface area contributed by atoms with Crippen molar-refractivity contribution in [1.29, 1.82) is 0 Å². The fourth-order valence-electron chi connectivity index (χ4n) is 0.338. The summed E-state index contributed by atoms with van der Waals surface area (Å²) in [6, 6.07) is 0.